The van der Waals surface area contributed by atoms with Crippen LogP contribution in [0.2, 0.25) is 0 Å². The van der Waals surface area contributed by atoms with E-state index in [1.54, 1.807) is 20.0 Å². The van der Waals surface area contributed by atoms with Crippen molar-refractivity contribution in [3.05, 3.63) is 76.2 Å². The number of nitrogen functional groups attached to an aromatic ring is 1. The molecular weight excluding hydrogens is 476 g/mol. The number of esters is 1. The lowest BCUT2D eigenvalue weighted by molar-refractivity contribution is -0.147. The number of aliphatic hydroxyl groups is 1. The number of thioether (sulfide) groups is 1. The number of aliphatic hydroxyl groups excluding tert-OH is 1. The zero-order valence-electron chi connectivity index (χ0n) is 21.0. The van der Waals surface area contributed by atoms with Crippen LogP contribution in [0.15, 0.2) is 59.3 Å². The third-order valence-electron chi connectivity index (χ3n) is 6.06. The van der Waals surface area contributed by atoms with Gasteiger partial charge in [-0.25, -0.2) is 9.97 Å². The molecule has 0 bridgehead atoms. The van der Waals surface area contributed by atoms with Gasteiger partial charge in [-0.2, -0.15) is 0 Å². The molecular formula is C27H32N4O4S. The predicted octanol–water partition coefficient (Wildman–Crippen LogP) is 4.30. The molecule has 190 valence electrons. The highest BCUT2D eigenvalue weighted by molar-refractivity contribution is 8.02. The Morgan fingerprint density at radius 3 is 2.61 bits per heavy atom. The van der Waals surface area contributed by atoms with Gasteiger partial charge in [-0.3, -0.25) is 9.59 Å². The number of carbonyl (C=O) groups excluding carboxylic acids is 2. The summed E-state index contributed by atoms with van der Waals surface area (Å²) in [5.41, 5.74) is 7.24. The van der Waals surface area contributed by atoms with Gasteiger partial charge in [0.05, 0.1) is 12.0 Å². The van der Waals surface area contributed by atoms with Crippen LogP contribution >= 0.6 is 11.8 Å². The van der Waals surface area contributed by atoms with Gasteiger partial charge in [0.2, 0.25) is 6.41 Å². The van der Waals surface area contributed by atoms with Crippen molar-refractivity contribution in [3.8, 4) is 0 Å². The van der Waals surface area contributed by atoms with Gasteiger partial charge >= 0.3 is 5.97 Å². The van der Waals surface area contributed by atoms with Crippen molar-refractivity contribution >= 4 is 40.7 Å². The second kappa shape index (κ2) is 12.0. The number of nitrogens with two attached hydrogens (primary N) is 1. The van der Waals surface area contributed by atoms with E-state index in [2.05, 4.69) is 9.97 Å². The maximum Gasteiger partial charge on any atom is 0.316 e. The molecule has 3 aromatic rings. The molecule has 36 heavy (non-hydrogen) atoms. The van der Waals surface area contributed by atoms with Gasteiger partial charge in [-0.1, -0.05) is 54.2 Å². The van der Waals surface area contributed by atoms with Crippen LogP contribution in [-0.2, 0) is 26.3 Å². The second-order valence-corrected chi connectivity index (χ2v) is 9.94. The summed E-state index contributed by atoms with van der Waals surface area (Å²) in [5.74, 6) is 0.544. The van der Waals surface area contributed by atoms with Crippen LogP contribution in [0.1, 0.15) is 44.1 Å². The molecule has 1 heterocycles. The molecule has 0 aliphatic rings. The number of fused-ring (bicyclic) bond motifs is 1. The molecule has 0 atom stereocenters. The van der Waals surface area contributed by atoms with E-state index >= 15 is 0 Å². The molecule has 9 heteroatoms. The number of allylic oxidation sites excluding steroid dienone is 1. The van der Waals surface area contributed by atoms with Gasteiger partial charge in [0, 0.05) is 35.4 Å². The van der Waals surface area contributed by atoms with Gasteiger partial charge in [-0.15, -0.1) is 0 Å². The lowest BCUT2D eigenvalue weighted by Crippen LogP contribution is -2.31. The Morgan fingerprint density at radius 1 is 1.22 bits per heavy atom. The van der Waals surface area contributed by atoms with Gasteiger partial charge in [-0.05, 0) is 44.0 Å². The van der Waals surface area contributed by atoms with Gasteiger partial charge in [0.15, 0.2) is 0 Å². The van der Waals surface area contributed by atoms with E-state index in [-0.39, 0.29) is 25.1 Å². The van der Waals surface area contributed by atoms with Crippen molar-refractivity contribution in [2.24, 2.45) is 0 Å². The van der Waals surface area contributed by atoms with Crippen LogP contribution in [-0.4, -0.2) is 44.9 Å². The minimum Gasteiger partial charge on any atom is -0.454 e. The summed E-state index contributed by atoms with van der Waals surface area (Å²) in [6.07, 6.45) is 2.60. The Kier molecular flexibility index (Phi) is 9.06. The predicted molar refractivity (Wildman–Crippen MR) is 143 cm³/mol. The summed E-state index contributed by atoms with van der Waals surface area (Å²) in [5, 5.41) is 11.7. The third-order valence-corrected chi connectivity index (χ3v) is 7.15. The number of rotatable bonds is 11. The number of aromatic nitrogens is 2. The van der Waals surface area contributed by atoms with E-state index in [9.17, 15) is 14.7 Å². The van der Waals surface area contributed by atoms with E-state index in [1.807, 2.05) is 56.3 Å². The SMILES string of the molecule is C/C(=C(\CCO)SCOC(=O)C(C)(C)c1ccc2ccccc2c1)N(C=O)Cc1cnc(C)nc1N. The highest BCUT2D eigenvalue weighted by Crippen LogP contribution is 2.30. The Bertz CT molecular complexity index is 1280. The summed E-state index contributed by atoms with van der Waals surface area (Å²) < 4.78 is 5.63. The molecule has 0 saturated carbocycles. The smallest absolute Gasteiger partial charge is 0.316 e. The molecule has 0 radical (unpaired) electrons. The van der Waals surface area contributed by atoms with Gasteiger partial charge in [0.25, 0.3) is 0 Å². The zero-order chi connectivity index (χ0) is 26.3. The third kappa shape index (κ3) is 6.41. The number of amides is 1. The van der Waals surface area contributed by atoms with Crippen LogP contribution < -0.4 is 5.73 Å². The normalized spacial score (nSPS) is 12.2. The summed E-state index contributed by atoms with van der Waals surface area (Å²) in [6.45, 7) is 7.26. The Morgan fingerprint density at radius 2 is 1.94 bits per heavy atom. The van der Waals surface area contributed by atoms with Crippen LogP contribution in [0.5, 0.6) is 0 Å². The number of benzene rings is 2. The van der Waals surface area contributed by atoms with Crippen LogP contribution in [0.25, 0.3) is 10.8 Å². The van der Waals surface area contributed by atoms with Gasteiger partial charge < -0.3 is 20.5 Å². The quantitative estimate of drug-likeness (QED) is 0.224. The zero-order valence-corrected chi connectivity index (χ0v) is 21.8. The number of nitrogens with zero attached hydrogens (tertiary/aromatic N) is 3. The van der Waals surface area contributed by atoms with Crippen molar-refractivity contribution in [2.45, 2.75) is 46.1 Å². The maximum atomic E-state index is 13.0. The Hall–Kier alpha value is -3.43. The van der Waals surface area contributed by atoms with Crippen LogP contribution in [0, 0.1) is 6.92 Å². The maximum absolute atomic E-state index is 13.0. The fourth-order valence-corrected chi connectivity index (χ4v) is 4.57. The molecule has 3 N–H and O–H groups in total. The lowest BCUT2D eigenvalue weighted by atomic mass is 9.84. The van der Waals surface area contributed by atoms with E-state index in [0.717, 1.165) is 21.2 Å². The number of hydrogen-bond acceptors (Lipinski definition) is 8. The molecule has 0 fully saturated rings. The van der Waals surface area contributed by atoms with E-state index in [4.69, 9.17) is 10.5 Å². The minimum atomic E-state index is -0.849. The number of carbonyl (C=O) groups is 2. The molecule has 0 saturated heterocycles. The summed E-state index contributed by atoms with van der Waals surface area (Å²) in [7, 11) is 0. The van der Waals surface area contributed by atoms with E-state index in [1.165, 1.54) is 16.7 Å². The fraction of sp³-hybridized carbons (Fsp3) is 0.333. The van der Waals surface area contributed by atoms with Crippen molar-refractivity contribution < 1.29 is 19.4 Å². The second-order valence-electron chi connectivity index (χ2n) is 8.92. The van der Waals surface area contributed by atoms with Crippen molar-refractivity contribution in [1.82, 2.24) is 14.9 Å². The molecule has 1 amide bonds. The van der Waals surface area contributed by atoms with Gasteiger partial charge in [0.1, 0.15) is 17.6 Å². The minimum absolute atomic E-state index is 0.0466. The molecule has 2 aromatic carbocycles. The number of anilines is 1. The summed E-state index contributed by atoms with van der Waals surface area (Å²) >= 11 is 1.27. The molecule has 1 aromatic heterocycles. The Labute approximate surface area is 215 Å². The average molecular weight is 509 g/mol. The summed E-state index contributed by atoms with van der Waals surface area (Å²) in [6, 6.07) is 13.9. The molecule has 0 aliphatic heterocycles. The highest BCUT2D eigenvalue weighted by atomic mass is 32.2. The first-order valence-electron chi connectivity index (χ1n) is 11.6. The topological polar surface area (TPSA) is 119 Å². The van der Waals surface area contributed by atoms with E-state index < -0.39 is 5.41 Å². The van der Waals surface area contributed by atoms with Crippen molar-refractivity contribution in [1.29, 1.82) is 0 Å². The molecule has 0 unspecified atom stereocenters. The number of ether oxygens (including phenoxy) is 1. The van der Waals surface area contributed by atoms with Crippen LogP contribution in [0.3, 0.4) is 0 Å². The monoisotopic (exact) mass is 508 g/mol. The fourth-order valence-electron chi connectivity index (χ4n) is 3.70. The Balaban J connectivity index is 1.70. The summed E-state index contributed by atoms with van der Waals surface area (Å²) in [4.78, 5) is 35.4. The number of hydrogen-bond donors (Lipinski definition) is 2. The van der Waals surface area contributed by atoms with Crippen LogP contribution in [0.4, 0.5) is 5.82 Å². The molecule has 8 nitrogen and oxygen atoms in total. The first-order chi connectivity index (χ1) is 17.2. The average Bonchev–Trinajstić information content (AvgIpc) is 2.87. The number of aryl methyl sites for hydroxylation is 1. The molecule has 3 rings (SSSR count). The standard InChI is InChI=1S/C27H32N4O4S/c1-18(31(16-33)15-22-14-29-19(2)30-25(22)28)24(11-12-32)36-17-35-26(34)27(3,4)23-10-9-20-7-5-6-8-21(20)13-23/h5-10,13-14,16,32H,11-12,15,17H2,1-4H3,(H2,28,29,30)/b24-18-. The largest absolute Gasteiger partial charge is 0.454 e. The highest BCUT2D eigenvalue weighted by Gasteiger charge is 2.32. The molecule has 0 spiro atoms. The van der Waals surface area contributed by atoms with Crippen molar-refractivity contribution in [2.75, 3.05) is 18.3 Å². The van der Waals surface area contributed by atoms with Crippen molar-refractivity contribution in [3.63, 3.8) is 0 Å². The first-order valence-corrected chi connectivity index (χ1v) is 12.6. The lowest BCUT2D eigenvalue weighted by Gasteiger charge is -2.24. The molecule has 0 aliphatic carbocycles. The van der Waals surface area contributed by atoms with E-state index in [0.29, 0.717) is 35.7 Å². The first kappa shape index (κ1) is 27.2.